The van der Waals surface area contributed by atoms with E-state index in [0.29, 0.717) is 5.92 Å². The van der Waals surface area contributed by atoms with E-state index in [1.807, 2.05) is 30.5 Å². The Morgan fingerprint density at radius 2 is 1.44 bits per heavy atom. The number of benzene rings is 5. The molecular weight excluding hydrogens is 913 g/mol. The predicted molar refractivity (Wildman–Crippen MR) is 247 cm³/mol. The normalized spacial score (nSPS) is 13.3. The average molecular weight is 967 g/mol. The largest absolute Gasteiger partial charge is 0.501 e. The fourth-order valence-electron chi connectivity index (χ4n) is 8.65. The minimum Gasteiger partial charge on any atom is -0.501 e. The van der Waals surface area contributed by atoms with E-state index in [1.54, 1.807) is 0 Å². The first-order chi connectivity index (χ1) is 28.2. The second kappa shape index (κ2) is 19.0. The van der Waals surface area contributed by atoms with Crippen molar-refractivity contribution < 1.29 is 24.5 Å². The van der Waals surface area contributed by atoms with E-state index in [0.717, 1.165) is 68.8 Å². The fourth-order valence-corrected chi connectivity index (χ4v) is 10.2. The van der Waals surface area contributed by atoms with Crippen LogP contribution in [0.25, 0.3) is 66.7 Å². The van der Waals surface area contributed by atoms with Crippen LogP contribution in [-0.4, -0.2) is 18.0 Å². The summed E-state index contributed by atoms with van der Waals surface area (Å²) in [6.07, 6.45) is 13.1. The summed E-state index contributed by atoms with van der Waals surface area (Å²) >= 11 is 0. The molecule has 8 aromatic rings. The summed E-state index contributed by atoms with van der Waals surface area (Å²) in [5.41, 5.74) is 13.4. The number of hydrogen-bond acceptors (Lipinski definition) is 3. The van der Waals surface area contributed by atoms with E-state index in [-0.39, 0.29) is 20.1 Å². The molecule has 0 spiro atoms. The summed E-state index contributed by atoms with van der Waals surface area (Å²) in [6.45, 7) is 11.7. The molecule has 1 aliphatic carbocycles. The monoisotopic (exact) mass is 967 g/mol. The Morgan fingerprint density at radius 1 is 0.695 bits per heavy atom. The summed E-state index contributed by atoms with van der Waals surface area (Å²) in [5, 5.41) is 3.72. The Labute approximate surface area is 365 Å². The van der Waals surface area contributed by atoms with Crippen molar-refractivity contribution in [2.24, 2.45) is 11.8 Å². The van der Waals surface area contributed by atoms with Gasteiger partial charge in [0, 0.05) is 37.9 Å². The van der Waals surface area contributed by atoms with E-state index >= 15 is 0 Å². The summed E-state index contributed by atoms with van der Waals surface area (Å²) in [4.78, 5) is 9.43. The molecule has 0 saturated heterocycles. The van der Waals surface area contributed by atoms with Crippen molar-refractivity contribution in [1.29, 1.82) is 0 Å². The van der Waals surface area contributed by atoms with Crippen LogP contribution in [0, 0.1) is 24.0 Å². The van der Waals surface area contributed by atoms with Gasteiger partial charge in [0.2, 0.25) is 0 Å². The smallest absolute Gasteiger partial charge is 0.121 e. The maximum Gasteiger partial charge on any atom is 0.121 e. The first kappa shape index (κ1) is 42.2. The second-order valence-corrected chi connectivity index (χ2v) is 22.5. The number of pyridine rings is 2. The Bertz CT molecular complexity index is 2620. The number of nitrogens with zero attached hydrogens (tertiary/aromatic N) is 2. The van der Waals surface area contributed by atoms with Crippen LogP contribution in [0.4, 0.5) is 0 Å². The van der Waals surface area contributed by atoms with Crippen molar-refractivity contribution in [3.63, 3.8) is 0 Å². The van der Waals surface area contributed by atoms with Gasteiger partial charge in [-0.05, 0) is 75.6 Å². The van der Waals surface area contributed by atoms with Crippen LogP contribution in [0.5, 0.6) is 0 Å². The Balaban J connectivity index is 0.000000214. The molecule has 3 aromatic heterocycles. The van der Waals surface area contributed by atoms with Crippen LogP contribution in [0.1, 0.15) is 57.1 Å². The van der Waals surface area contributed by atoms with Gasteiger partial charge in [-0.2, -0.15) is 0 Å². The third kappa shape index (κ3) is 9.93. The van der Waals surface area contributed by atoms with Crippen LogP contribution in [0.3, 0.4) is 0 Å². The van der Waals surface area contributed by atoms with Crippen LogP contribution in [-0.2, 0) is 32.9 Å². The third-order valence-electron chi connectivity index (χ3n) is 11.5. The van der Waals surface area contributed by atoms with Crippen LogP contribution in [0.15, 0.2) is 144 Å². The maximum absolute atomic E-state index is 6.56. The van der Waals surface area contributed by atoms with Crippen LogP contribution < -0.4 is 5.19 Å². The number of rotatable bonds is 9. The van der Waals surface area contributed by atoms with E-state index in [9.17, 15) is 0 Å². The van der Waals surface area contributed by atoms with Crippen molar-refractivity contribution in [3.05, 3.63) is 163 Å². The SMILES string of the molecule is CC(C)Cc1cc(-c2[c-]cccc2)ncc1[Si](C)(C)C.[Ir].[c-]1ccc2c(oc3cc(-c4ccccc4-c4ccccc4)ccc32)c1-c1cc(CC2CCCCC2)ccn1. The quantitative estimate of drug-likeness (QED) is 0.107. The molecule has 9 rings (SSSR count). The molecule has 1 saturated carbocycles. The molecule has 1 aliphatic rings. The van der Waals surface area contributed by atoms with Crippen molar-refractivity contribution in [2.45, 2.75) is 78.4 Å². The van der Waals surface area contributed by atoms with Gasteiger partial charge >= 0.3 is 0 Å². The van der Waals surface area contributed by atoms with Crippen LogP contribution in [0.2, 0.25) is 19.6 Å². The number of aromatic nitrogens is 2. The molecule has 0 N–H and O–H groups in total. The van der Waals surface area contributed by atoms with Gasteiger partial charge in [-0.3, -0.25) is 0 Å². The summed E-state index contributed by atoms with van der Waals surface area (Å²) < 4.78 is 6.56. The molecule has 0 unspecified atom stereocenters. The molecule has 0 amide bonds. The van der Waals surface area contributed by atoms with Gasteiger partial charge in [-0.15, -0.1) is 54.1 Å². The standard InChI is InChI=1S/C36H30NO.C18H24NSi.Ir/c1-3-10-25(11-4-1)22-26-20-21-37-34(23-26)33-17-9-16-32-31-19-18-28(24-35(31)38-36(32)33)30-15-8-7-14-29(30)27-12-5-2-6-13-27;1-14(2)11-16-12-17(15-9-7-6-8-10-15)19-13-18(16)20(3,4)5;/h2,5-9,12-16,18-21,23-25H,1,3-4,10-11,22H2;6-9,12-14H,11H2,1-5H3;/q2*-1;. The first-order valence-corrected chi connectivity index (χ1v) is 24.6. The number of furan rings is 1. The molecule has 301 valence electrons. The summed E-state index contributed by atoms with van der Waals surface area (Å²) in [7, 11) is -1.34. The zero-order chi connectivity index (χ0) is 40.1. The molecule has 59 heavy (non-hydrogen) atoms. The predicted octanol–water partition coefficient (Wildman–Crippen LogP) is 14.2. The number of hydrogen-bond donors (Lipinski definition) is 0. The van der Waals surface area contributed by atoms with Gasteiger partial charge in [0.25, 0.3) is 0 Å². The number of fused-ring (bicyclic) bond motifs is 3. The van der Waals surface area contributed by atoms with E-state index < -0.39 is 8.07 Å². The van der Waals surface area contributed by atoms with Crippen molar-refractivity contribution in [1.82, 2.24) is 9.97 Å². The van der Waals surface area contributed by atoms with Crippen molar-refractivity contribution >= 4 is 35.2 Å². The Hall–Kier alpha value is -4.93. The molecule has 0 bridgehead atoms. The zero-order valence-electron chi connectivity index (χ0n) is 35.0. The first-order valence-electron chi connectivity index (χ1n) is 21.1. The van der Waals surface area contributed by atoms with Crippen LogP contribution >= 0.6 is 0 Å². The second-order valence-electron chi connectivity index (χ2n) is 17.4. The molecule has 3 nitrogen and oxygen atoms in total. The molecule has 1 fully saturated rings. The molecule has 1 radical (unpaired) electrons. The minimum absolute atomic E-state index is 0. The van der Waals surface area contributed by atoms with E-state index in [2.05, 4.69) is 160 Å². The van der Waals surface area contributed by atoms with Gasteiger partial charge < -0.3 is 14.4 Å². The summed E-state index contributed by atoms with van der Waals surface area (Å²) in [6, 6.07) is 51.3. The Kier molecular flexibility index (Phi) is 13.6. The topological polar surface area (TPSA) is 38.9 Å². The van der Waals surface area contributed by atoms with Gasteiger partial charge in [-0.25, -0.2) is 0 Å². The molecular formula is C54H54IrN2OSi-2. The van der Waals surface area contributed by atoms with E-state index in [1.165, 1.54) is 65.1 Å². The fraction of sp³-hybridized carbons (Fsp3) is 0.259. The summed E-state index contributed by atoms with van der Waals surface area (Å²) in [5.74, 6) is 1.46. The van der Waals surface area contributed by atoms with E-state index in [4.69, 9.17) is 9.40 Å². The van der Waals surface area contributed by atoms with Gasteiger partial charge in [0.05, 0.1) is 13.7 Å². The van der Waals surface area contributed by atoms with Gasteiger partial charge in [-0.1, -0.05) is 167 Å². The molecule has 5 heteroatoms. The molecule has 0 aliphatic heterocycles. The molecule has 0 atom stereocenters. The average Bonchev–Trinajstić information content (AvgIpc) is 3.63. The zero-order valence-corrected chi connectivity index (χ0v) is 38.4. The Morgan fingerprint density at radius 3 is 2.17 bits per heavy atom. The third-order valence-corrected chi connectivity index (χ3v) is 13.6. The molecule has 3 heterocycles. The van der Waals surface area contributed by atoms with Crippen molar-refractivity contribution in [2.75, 3.05) is 0 Å². The minimum atomic E-state index is -1.34. The van der Waals surface area contributed by atoms with Crippen molar-refractivity contribution in [3.8, 4) is 44.8 Å². The molecule has 5 aromatic carbocycles. The maximum atomic E-state index is 6.56. The van der Waals surface area contributed by atoms with Gasteiger partial charge in [0.15, 0.2) is 0 Å². The van der Waals surface area contributed by atoms with Gasteiger partial charge in [0.1, 0.15) is 5.58 Å².